The van der Waals surface area contributed by atoms with E-state index in [9.17, 15) is 0 Å². The summed E-state index contributed by atoms with van der Waals surface area (Å²) in [4.78, 5) is 4.57. The first-order valence-electron chi connectivity index (χ1n) is 7.02. The van der Waals surface area contributed by atoms with Crippen LogP contribution in [0.25, 0.3) is 11.5 Å². The minimum Gasteiger partial charge on any atom is -0.398 e. The summed E-state index contributed by atoms with van der Waals surface area (Å²) >= 11 is 3.42. The zero-order valence-electron chi connectivity index (χ0n) is 11.5. The molecule has 2 aromatic rings. The van der Waals surface area contributed by atoms with Crippen LogP contribution in [0.15, 0.2) is 27.2 Å². The van der Waals surface area contributed by atoms with Crippen LogP contribution < -0.4 is 5.73 Å². The Morgan fingerprint density at radius 2 is 2.20 bits per heavy atom. The van der Waals surface area contributed by atoms with Gasteiger partial charge in [-0.25, -0.2) is 0 Å². The fourth-order valence-corrected chi connectivity index (χ4v) is 3.23. The van der Waals surface area contributed by atoms with Crippen LogP contribution >= 0.6 is 15.9 Å². The number of rotatable bonds is 2. The Hall–Kier alpha value is -1.36. The normalized spacial score (nSPS) is 22.9. The standard InChI is InChI=1S/C15H18BrN3O/c1-9-3-2-4-10(7-9)14-18-15(20-19-14)11-5-6-13(17)12(16)8-11/h5-6,8-10H,2-4,7,17H2,1H3. The third-order valence-electron chi connectivity index (χ3n) is 3.99. The van der Waals surface area contributed by atoms with Gasteiger partial charge in [-0.1, -0.05) is 24.9 Å². The van der Waals surface area contributed by atoms with E-state index >= 15 is 0 Å². The van der Waals surface area contributed by atoms with Gasteiger partial charge >= 0.3 is 0 Å². The van der Waals surface area contributed by atoms with E-state index in [-0.39, 0.29) is 0 Å². The summed E-state index contributed by atoms with van der Waals surface area (Å²) in [5, 5.41) is 4.17. The van der Waals surface area contributed by atoms with Crippen molar-refractivity contribution < 1.29 is 4.52 Å². The first kappa shape index (κ1) is 13.6. The second-order valence-corrected chi connectivity index (χ2v) is 6.52. The van der Waals surface area contributed by atoms with Gasteiger partial charge < -0.3 is 10.3 Å². The average molecular weight is 336 g/mol. The van der Waals surface area contributed by atoms with E-state index in [2.05, 4.69) is 33.0 Å². The van der Waals surface area contributed by atoms with E-state index < -0.39 is 0 Å². The summed E-state index contributed by atoms with van der Waals surface area (Å²) in [6.07, 6.45) is 4.88. The van der Waals surface area contributed by atoms with Crippen molar-refractivity contribution in [1.82, 2.24) is 10.1 Å². The van der Waals surface area contributed by atoms with E-state index in [0.29, 0.717) is 17.5 Å². The molecule has 1 aromatic heterocycles. The number of anilines is 1. The summed E-state index contributed by atoms with van der Waals surface area (Å²) in [6.45, 7) is 2.30. The van der Waals surface area contributed by atoms with Gasteiger partial charge in [-0.2, -0.15) is 4.98 Å². The molecule has 3 rings (SSSR count). The highest BCUT2D eigenvalue weighted by Crippen LogP contribution is 2.35. The number of nitrogens with zero attached hydrogens (tertiary/aromatic N) is 2. The van der Waals surface area contributed by atoms with Crippen molar-refractivity contribution in [2.24, 2.45) is 5.92 Å². The Bertz CT molecular complexity index is 611. The van der Waals surface area contributed by atoms with Gasteiger partial charge in [0.1, 0.15) is 0 Å². The van der Waals surface area contributed by atoms with Gasteiger partial charge in [0, 0.05) is 21.6 Å². The molecule has 1 aliphatic rings. The summed E-state index contributed by atoms with van der Waals surface area (Å²) in [7, 11) is 0. The van der Waals surface area contributed by atoms with Crippen LogP contribution in [0.2, 0.25) is 0 Å². The zero-order chi connectivity index (χ0) is 14.1. The van der Waals surface area contributed by atoms with E-state index in [0.717, 1.165) is 34.6 Å². The second kappa shape index (κ2) is 5.56. The molecule has 1 heterocycles. The van der Waals surface area contributed by atoms with Crippen molar-refractivity contribution in [3.8, 4) is 11.5 Å². The number of halogens is 1. The van der Waals surface area contributed by atoms with Crippen molar-refractivity contribution in [2.45, 2.75) is 38.5 Å². The number of nitrogen functional groups attached to an aromatic ring is 1. The van der Waals surface area contributed by atoms with Crippen molar-refractivity contribution in [1.29, 1.82) is 0 Å². The zero-order valence-corrected chi connectivity index (χ0v) is 13.1. The molecule has 0 saturated heterocycles. The van der Waals surface area contributed by atoms with Crippen LogP contribution in [0.5, 0.6) is 0 Å². The van der Waals surface area contributed by atoms with Gasteiger partial charge in [0.15, 0.2) is 5.82 Å². The van der Waals surface area contributed by atoms with Crippen molar-refractivity contribution in [3.63, 3.8) is 0 Å². The van der Waals surface area contributed by atoms with Crippen molar-refractivity contribution in [3.05, 3.63) is 28.5 Å². The molecular formula is C15H18BrN3O. The van der Waals surface area contributed by atoms with E-state index in [1.54, 1.807) is 0 Å². The van der Waals surface area contributed by atoms with E-state index in [1.165, 1.54) is 12.8 Å². The SMILES string of the molecule is CC1CCCC(c2noc(-c3ccc(N)c(Br)c3)n2)C1. The molecule has 1 aliphatic carbocycles. The van der Waals surface area contributed by atoms with Crippen LogP contribution in [-0.4, -0.2) is 10.1 Å². The number of hydrogen-bond donors (Lipinski definition) is 1. The predicted octanol–water partition coefficient (Wildman–Crippen LogP) is 4.38. The van der Waals surface area contributed by atoms with Crippen molar-refractivity contribution >= 4 is 21.6 Å². The Morgan fingerprint density at radius 3 is 2.95 bits per heavy atom. The number of benzene rings is 1. The molecule has 2 unspecified atom stereocenters. The average Bonchev–Trinajstić information content (AvgIpc) is 2.92. The molecule has 2 N–H and O–H groups in total. The molecular weight excluding hydrogens is 318 g/mol. The van der Waals surface area contributed by atoms with Gasteiger partial charge in [0.2, 0.25) is 0 Å². The minimum atomic E-state index is 0.438. The third kappa shape index (κ3) is 2.73. The molecule has 106 valence electrons. The maximum Gasteiger partial charge on any atom is 0.257 e. The van der Waals surface area contributed by atoms with E-state index in [1.807, 2.05) is 18.2 Å². The lowest BCUT2D eigenvalue weighted by Gasteiger charge is -2.23. The van der Waals surface area contributed by atoms with Gasteiger partial charge in [-0.15, -0.1) is 0 Å². The molecule has 1 saturated carbocycles. The predicted molar refractivity (Wildman–Crippen MR) is 82.2 cm³/mol. The molecule has 0 spiro atoms. The van der Waals surface area contributed by atoms with Crippen LogP contribution in [0, 0.1) is 5.92 Å². The number of nitrogens with two attached hydrogens (primary N) is 1. The highest BCUT2D eigenvalue weighted by molar-refractivity contribution is 9.10. The molecule has 0 radical (unpaired) electrons. The highest BCUT2D eigenvalue weighted by Gasteiger charge is 2.24. The number of aromatic nitrogens is 2. The fourth-order valence-electron chi connectivity index (χ4n) is 2.85. The molecule has 5 heteroatoms. The topological polar surface area (TPSA) is 64.9 Å². The first-order chi connectivity index (χ1) is 9.63. The second-order valence-electron chi connectivity index (χ2n) is 5.66. The van der Waals surface area contributed by atoms with Crippen LogP contribution in [0.4, 0.5) is 5.69 Å². The van der Waals surface area contributed by atoms with Crippen LogP contribution in [0.1, 0.15) is 44.3 Å². The fraction of sp³-hybridized carbons (Fsp3) is 0.467. The summed E-state index contributed by atoms with van der Waals surface area (Å²) in [5.74, 6) is 2.60. The Labute approximate surface area is 126 Å². The lowest BCUT2D eigenvalue weighted by atomic mass is 9.82. The van der Waals surface area contributed by atoms with Gasteiger partial charge in [0.25, 0.3) is 5.89 Å². The monoisotopic (exact) mass is 335 g/mol. The molecule has 0 aliphatic heterocycles. The lowest BCUT2D eigenvalue weighted by molar-refractivity contribution is 0.324. The third-order valence-corrected chi connectivity index (χ3v) is 4.68. The number of hydrogen-bond acceptors (Lipinski definition) is 4. The maximum atomic E-state index is 5.79. The maximum absolute atomic E-state index is 5.79. The quantitative estimate of drug-likeness (QED) is 0.827. The molecule has 0 amide bonds. The molecule has 0 bridgehead atoms. The summed E-state index contributed by atoms with van der Waals surface area (Å²) in [6, 6.07) is 5.66. The van der Waals surface area contributed by atoms with Gasteiger partial charge in [0.05, 0.1) is 0 Å². The summed E-state index contributed by atoms with van der Waals surface area (Å²) in [5.41, 5.74) is 7.39. The van der Waals surface area contributed by atoms with Crippen molar-refractivity contribution in [2.75, 3.05) is 5.73 Å². The van der Waals surface area contributed by atoms with Crippen LogP contribution in [0.3, 0.4) is 0 Å². The van der Waals surface area contributed by atoms with E-state index in [4.69, 9.17) is 10.3 Å². The Balaban J connectivity index is 1.84. The summed E-state index contributed by atoms with van der Waals surface area (Å²) < 4.78 is 6.26. The molecule has 20 heavy (non-hydrogen) atoms. The largest absolute Gasteiger partial charge is 0.398 e. The van der Waals surface area contributed by atoms with Gasteiger partial charge in [-0.05, 0) is 52.9 Å². The molecule has 4 nitrogen and oxygen atoms in total. The lowest BCUT2D eigenvalue weighted by Crippen LogP contribution is -2.12. The smallest absolute Gasteiger partial charge is 0.257 e. The highest BCUT2D eigenvalue weighted by atomic mass is 79.9. The van der Waals surface area contributed by atoms with Gasteiger partial charge in [-0.3, -0.25) is 0 Å². The first-order valence-corrected chi connectivity index (χ1v) is 7.82. The molecule has 2 atom stereocenters. The van der Waals surface area contributed by atoms with Crippen LogP contribution in [-0.2, 0) is 0 Å². The molecule has 1 fully saturated rings. The Morgan fingerprint density at radius 1 is 1.35 bits per heavy atom. The minimum absolute atomic E-state index is 0.438. The Kier molecular flexibility index (Phi) is 3.78. The molecule has 1 aromatic carbocycles.